The number of likely N-dealkylation sites (N-methyl/N-ethyl adjacent to an activating group) is 1. The zero-order valence-electron chi connectivity index (χ0n) is 14.7. The summed E-state index contributed by atoms with van der Waals surface area (Å²) >= 11 is 0. The van der Waals surface area contributed by atoms with E-state index in [0.29, 0.717) is 24.1 Å². The topological polar surface area (TPSA) is 61.9 Å². The number of carbonyl (C=O) groups is 2. The van der Waals surface area contributed by atoms with Crippen LogP contribution in [0.3, 0.4) is 0 Å². The Hall–Kier alpha value is -1.92. The summed E-state index contributed by atoms with van der Waals surface area (Å²) in [6.45, 7) is 4.47. The zero-order chi connectivity index (χ0) is 17.4. The molecule has 0 aliphatic carbocycles. The minimum Gasteiger partial charge on any atom is -0.481 e. The van der Waals surface area contributed by atoms with Gasteiger partial charge in [0.25, 0.3) is 5.91 Å². The van der Waals surface area contributed by atoms with Gasteiger partial charge in [-0.3, -0.25) is 19.8 Å². The van der Waals surface area contributed by atoms with Crippen LogP contribution in [0.4, 0.5) is 0 Å². The van der Waals surface area contributed by atoms with Crippen LogP contribution < -0.4 is 10.1 Å². The molecule has 1 aromatic rings. The molecule has 3 fully saturated rings. The Morgan fingerprint density at radius 3 is 2.68 bits per heavy atom. The molecular formula is C19H25N3O3. The van der Waals surface area contributed by atoms with Gasteiger partial charge in [0.1, 0.15) is 5.75 Å². The fourth-order valence-corrected chi connectivity index (χ4v) is 4.40. The lowest BCUT2D eigenvalue weighted by Crippen LogP contribution is -2.66. The van der Waals surface area contributed by atoms with E-state index in [-0.39, 0.29) is 11.8 Å². The first-order valence-electron chi connectivity index (χ1n) is 9.07. The van der Waals surface area contributed by atoms with Crippen LogP contribution in [-0.4, -0.2) is 59.9 Å². The highest BCUT2D eigenvalue weighted by molar-refractivity contribution is 5.99. The molecule has 6 nitrogen and oxygen atoms in total. The van der Waals surface area contributed by atoms with E-state index in [2.05, 4.69) is 34.3 Å². The van der Waals surface area contributed by atoms with Gasteiger partial charge >= 0.3 is 0 Å². The Morgan fingerprint density at radius 1 is 1.24 bits per heavy atom. The summed E-state index contributed by atoms with van der Waals surface area (Å²) in [6.07, 6.45) is 2.78. The fraction of sp³-hybridized carbons (Fsp3) is 0.579. The van der Waals surface area contributed by atoms with Crippen molar-refractivity contribution in [3.63, 3.8) is 0 Å². The molecule has 1 N–H and O–H groups in total. The summed E-state index contributed by atoms with van der Waals surface area (Å²) in [5.74, 6) is 0.118. The van der Waals surface area contributed by atoms with Gasteiger partial charge in [0.15, 0.2) is 6.10 Å². The van der Waals surface area contributed by atoms with Crippen LogP contribution >= 0.6 is 0 Å². The lowest BCUT2D eigenvalue weighted by atomic mass is 9.87. The highest BCUT2D eigenvalue weighted by Crippen LogP contribution is 2.37. The van der Waals surface area contributed by atoms with Crippen molar-refractivity contribution < 1.29 is 14.3 Å². The first-order valence-corrected chi connectivity index (χ1v) is 9.07. The molecule has 6 heteroatoms. The molecule has 3 aliphatic rings. The minimum atomic E-state index is -0.573. The molecule has 1 spiro atoms. The van der Waals surface area contributed by atoms with Gasteiger partial charge < -0.3 is 9.64 Å². The number of nitrogens with one attached hydrogen (secondary N) is 1. The van der Waals surface area contributed by atoms with E-state index in [0.717, 1.165) is 6.54 Å². The van der Waals surface area contributed by atoms with Crippen LogP contribution in [0.5, 0.6) is 5.75 Å². The van der Waals surface area contributed by atoms with E-state index < -0.39 is 6.10 Å². The second-order valence-electron chi connectivity index (χ2n) is 7.62. The molecule has 1 unspecified atom stereocenters. The Bertz CT molecular complexity index is 667. The van der Waals surface area contributed by atoms with Gasteiger partial charge in [0.2, 0.25) is 5.91 Å². The first kappa shape index (κ1) is 16.5. The van der Waals surface area contributed by atoms with Crippen molar-refractivity contribution >= 4 is 11.8 Å². The second kappa shape index (κ2) is 6.42. The Labute approximate surface area is 148 Å². The molecule has 25 heavy (non-hydrogen) atoms. The van der Waals surface area contributed by atoms with Gasteiger partial charge in [-0.25, -0.2) is 0 Å². The van der Waals surface area contributed by atoms with E-state index >= 15 is 0 Å². The summed E-state index contributed by atoms with van der Waals surface area (Å²) in [5.41, 5.74) is 1.66. The second-order valence-corrected chi connectivity index (χ2v) is 7.62. The predicted molar refractivity (Wildman–Crippen MR) is 93.1 cm³/mol. The van der Waals surface area contributed by atoms with Crippen molar-refractivity contribution in [2.75, 3.05) is 26.7 Å². The SMILES string of the molecule is CN1CC2(CCCN2Cc2ccc(OC3CCC(=O)NC3=O)cc2)C1. The quantitative estimate of drug-likeness (QED) is 0.831. The number of carbonyl (C=O) groups excluding carboxylic acids is 2. The Morgan fingerprint density at radius 2 is 2.00 bits per heavy atom. The third-order valence-electron chi connectivity index (χ3n) is 5.63. The van der Waals surface area contributed by atoms with E-state index in [1.807, 2.05) is 12.1 Å². The molecule has 3 saturated heterocycles. The molecule has 134 valence electrons. The average molecular weight is 343 g/mol. The van der Waals surface area contributed by atoms with Crippen LogP contribution in [0.2, 0.25) is 0 Å². The summed E-state index contributed by atoms with van der Waals surface area (Å²) < 4.78 is 5.74. The van der Waals surface area contributed by atoms with Gasteiger partial charge in [-0.2, -0.15) is 0 Å². The van der Waals surface area contributed by atoms with Crippen molar-refractivity contribution in [1.29, 1.82) is 0 Å². The largest absolute Gasteiger partial charge is 0.481 e. The molecule has 3 aliphatic heterocycles. The van der Waals surface area contributed by atoms with Crippen molar-refractivity contribution in [1.82, 2.24) is 15.1 Å². The first-order chi connectivity index (χ1) is 12.0. The lowest BCUT2D eigenvalue weighted by Gasteiger charge is -2.51. The number of rotatable bonds is 4. The van der Waals surface area contributed by atoms with Crippen LogP contribution in [0, 0.1) is 0 Å². The van der Waals surface area contributed by atoms with Gasteiger partial charge in [0, 0.05) is 38.0 Å². The maximum atomic E-state index is 11.8. The number of hydrogen-bond acceptors (Lipinski definition) is 5. The number of benzene rings is 1. The summed E-state index contributed by atoms with van der Waals surface area (Å²) in [5, 5.41) is 2.32. The fourth-order valence-electron chi connectivity index (χ4n) is 4.40. The van der Waals surface area contributed by atoms with E-state index in [4.69, 9.17) is 4.74 Å². The van der Waals surface area contributed by atoms with Gasteiger partial charge in [-0.15, -0.1) is 0 Å². The van der Waals surface area contributed by atoms with Crippen molar-refractivity contribution in [3.8, 4) is 5.75 Å². The molecule has 0 aromatic heterocycles. The molecular weight excluding hydrogens is 318 g/mol. The molecule has 0 bridgehead atoms. The molecule has 3 heterocycles. The van der Waals surface area contributed by atoms with Gasteiger partial charge in [-0.1, -0.05) is 12.1 Å². The zero-order valence-corrected chi connectivity index (χ0v) is 14.7. The number of amides is 2. The van der Waals surface area contributed by atoms with E-state index in [1.54, 1.807) is 0 Å². The molecule has 2 amide bonds. The molecule has 0 radical (unpaired) electrons. The number of imide groups is 1. The summed E-state index contributed by atoms with van der Waals surface area (Å²) in [7, 11) is 2.18. The Kier molecular flexibility index (Phi) is 4.25. The standard InChI is InChI=1S/C19H25N3O3/c1-21-12-19(13-21)9-2-10-22(19)11-14-3-5-15(6-4-14)25-16-7-8-17(23)20-18(16)24/h3-6,16H,2,7-13H2,1H3,(H,20,23,24). The minimum absolute atomic E-state index is 0.221. The van der Waals surface area contributed by atoms with Crippen molar-refractivity contribution in [3.05, 3.63) is 29.8 Å². The monoisotopic (exact) mass is 343 g/mol. The van der Waals surface area contributed by atoms with Crippen LogP contribution in [0.25, 0.3) is 0 Å². The summed E-state index contributed by atoms with van der Waals surface area (Å²) in [4.78, 5) is 28.0. The normalized spacial score (nSPS) is 26.5. The molecule has 1 atom stereocenters. The highest BCUT2D eigenvalue weighted by atomic mass is 16.5. The number of piperidine rings is 1. The van der Waals surface area contributed by atoms with Crippen LogP contribution in [0.1, 0.15) is 31.2 Å². The summed E-state index contributed by atoms with van der Waals surface area (Å²) in [6, 6.07) is 8.01. The maximum absolute atomic E-state index is 11.8. The molecule has 0 saturated carbocycles. The van der Waals surface area contributed by atoms with Gasteiger partial charge in [0.05, 0.1) is 0 Å². The maximum Gasteiger partial charge on any atom is 0.267 e. The number of ether oxygens (including phenoxy) is 1. The van der Waals surface area contributed by atoms with Crippen molar-refractivity contribution in [2.45, 2.75) is 43.9 Å². The Balaban J connectivity index is 1.36. The number of likely N-dealkylation sites (tertiary alicyclic amines) is 2. The smallest absolute Gasteiger partial charge is 0.267 e. The highest BCUT2D eigenvalue weighted by Gasteiger charge is 2.48. The third kappa shape index (κ3) is 3.28. The third-order valence-corrected chi connectivity index (χ3v) is 5.63. The van der Waals surface area contributed by atoms with E-state index in [1.165, 1.54) is 38.0 Å². The van der Waals surface area contributed by atoms with Crippen molar-refractivity contribution in [2.24, 2.45) is 0 Å². The van der Waals surface area contributed by atoms with E-state index in [9.17, 15) is 9.59 Å². The number of nitrogens with zero attached hydrogens (tertiary/aromatic N) is 2. The van der Waals surface area contributed by atoms with Crippen LogP contribution in [-0.2, 0) is 16.1 Å². The van der Waals surface area contributed by atoms with Gasteiger partial charge in [-0.05, 0) is 44.1 Å². The van der Waals surface area contributed by atoms with Crippen LogP contribution in [0.15, 0.2) is 24.3 Å². The molecule has 1 aromatic carbocycles. The molecule has 4 rings (SSSR count). The average Bonchev–Trinajstić information content (AvgIpc) is 2.95. The number of hydrogen-bond donors (Lipinski definition) is 1. The predicted octanol–water partition coefficient (Wildman–Crippen LogP) is 1.15. The lowest BCUT2D eigenvalue weighted by molar-refractivity contribution is -0.138.